The van der Waals surface area contributed by atoms with Gasteiger partial charge in [-0.25, -0.2) is 13.1 Å². The van der Waals surface area contributed by atoms with Crippen molar-refractivity contribution in [2.75, 3.05) is 19.6 Å². The van der Waals surface area contributed by atoms with Gasteiger partial charge in [-0.1, -0.05) is 6.92 Å². The maximum Gasteiger partial charge on any atom is 0.243 e. The summed E-state index contributed by atoms with van der Waals surface area (Å²) < 4.78 is 26.8. The fraction of sp³-hybridized carbons (Fsp3) is 0.727. The van der Waals surface area contributed by atoms with Crippen LogP contribution in [0, 0.1) is 18.8 Å². The van der Waals surface area contributed by atoms with Crippen LogP contribution in [0.5, 0.6) is 0 Å². The van der Waals surface area contributed by atoms with Gasteiger partial charge in [0.1, 0.15) is 4.90 Å². The van der Waals surface area contributed by atoms with E-state index in [1.807, 2.05) is 0 Å². The monoisotopic (exact) mass is 272 g/mol. The molecule has 7 heteroatoms. The van der Waals surface area contributed by atoms with E-state index in [0.29, 0.717) is 24.1 Å². The Morgan fingerprint density at radius 1 is 1.56 bits per heavy atom. The van der Waals surface area contributed by atoms with Gasteiger partial charge in [0.15, 0.2) is 0 Å². The molecule has 102 valence electrons. The lowest BCUT2D eigenvalue weighted by molar-refractivity contribution is 0.275. The molecule has 6 nitrogen and oxygen atoms in total. The molecule has 1 aromatic heterocycles. The minimum absolute atomic E-state index is 0.235. The number of H-pyrrole nitrogens is 1. The van der Waals surface area contributed by atoms with Gasteiger partial charge in [-0.15, -0.1) is 0 Å². The number of hydrogen-bond donors (Lipinski definition) is 3. The molecule has 3 N–H and O–H groups in total. The molecule has 1 aromatic rings. The Morgan fingerprint density at radius 2 is 2.33 bits per heavy atom. The fourth-order valence-corrected chi connectivity index (χ4v) is 3.46. The predicted octanol–water partition coefficient (Wildman–Crippen LogP) is 0.242. The molecule has 0 spiro atoms. The summed E-state index contributed by atoms with van der Waals surface area (Å²) in [7, 11) is -3.44. The molecular formula is C11H20N4O2S. The second-order valence-electron chi connectivity index (χ2n) is 4.94. The molecule has 2 rings (SSSR count). The summed E-state index contributed by atoms with van der Waals surface area (Å²) >= 11 is 0. The van der Waals surface area contributed by atoms with Crippen molar-refractivity contribution < 1.29 is 8.42 Å². The van der Waals surface area contributed by atoms with Crippen molar-refractivity contribution in [1.29, 1.82) is 0 Å². The third kappa shape index (κ3) is 2.90. The van der Waals surface area contributed by atoms with Gasteiger partial charge in [0.25, 0.3) is 0 Å². The van der Waals surface area contributed by atoms with E-state index in [4.69, 9.17) is 0 Å². The van der Waals surface area contributed by atoms with Crippen LogP contribution in [0.2, 0.25) is 0 Å². The Balaban J connectivity index is 1.99. The van der Waals surface area contributed by atoms with Gasteiger partial charge in [-0.05, 0) is 38.3 Å². The zero-order chi connectivity index (χ0) is 13.2. The molecule has 0 aliphatic carbocycles. The third-order valence-electron chi connectivity index (χ3n) is 3.60. The van der Waals surface area contributed by atoms with Crippen molar-refractivity contribution >= 4 is 10.0 Å². The number of aromatic nitrogens is 2. The number of nitrogens with one attached hydrogen (secondary N) is 3. The van der Waals surface area contributed by atoms with Gasteiger partial charge in [-0.2, -0.15) is 5.10 Å². The molecule has 1 saturated heterocycles. The molecule has 1 fully saturated rings. The summed E-state index contributed by atoms with van der Waals surface area (Å²) in [6.45, 7) is 6.23. The highest BCUT2D eigenvalue weighted by Gasteiger charge is 2.24. The molecule has 0 radical (unpaired) electrons. The zero-order valence-corrected chi connectivity index (χ0v) is 11.5. The minimum Gasteiger partial charge on any atom is -0.316 e. The lowest BCUT2D eigenvalue weighted by Crippen LogP contribution is -2.42. The molecule has 1 aliphatic rings. The number of piperidine rings is 1. The van der Waals surface area contributed by atoms with Crippen molar-refractivity contribution in [3.8, 4) is 0 Å². The van der Waals surface area contributed by atoms with Crippen LogP contribution in [0.15, 0.2) is 11.1 Å². The Hall–Kier alpha value is -0.920. The highest BCUT2D eigenvalue weighted by atomic mass is 32.2. The second kappa shape index (κ2) is 5.38. The van der Waals surface area contributed by atoms with Gasteiger partial charge in [-0.3, -0.25) is 5.10 Å². The highest BCUT2D eigenvalue weighted by Crippen LogP contribution is 2.18. The first-order valence-electron chi connectivity index (χ1n) is 6.21. The Kier molecular flexibility index (Phi) is 4.04. The average molecular weight is 272 g/mol. The first-order chi connectivity index (χ1) is 8.50. The van der Waals surface area contributed by atoms with E-state index in [-0.39, 0.29) is 4.90 Å². The van der Waals surface area contributed by atoms with E-state index in [9.17, 15) is 8.42 Å². The van der Waals surface area contributed by atoms with Crippen molar-refractivity contribution in [2.24, 2.45) is 11.8 Å². The highest BCUT2D eigenvalue weighted by molar-refractivity contribution is 7.89. The molecule has 1 aliphatic heterocycles. The summed E-state index contributed by atoms with van der Waals surface area (Å²) in [5.74, 6) is 0.889. The molecule has 0 bridgehead atoms. The maximum atomic E-state index is 12.1. The molecule has 2 atom stereocenters. The van der Waals surface area contributed by atoms with Crippen LogP contribution in [0.4, 0.5) is 0 Å². The number of sulfonamides is 1. The first-order valence-corrected chi connectivity index (χ1v) is 7.69. The molecule has 0 aromatic carbocycles. The minimum atomic E-state index is -3.44. The number of rotatable bonds is 4. The van der Waals surface area contributed by atoms with Crippen LogP contribution in [-0.2, 0) is 10.0 Å². The van der Waals surface area contributed by atoms with Crippen molar-refractivity contribution in [1.82, 2.24) is 20.2 Å². The lowest BCUT2D eigenvalue weighted by atomic mass is 9.88. The van der Waals surface area contributed by atoms with Crippen LogP contribution in [0.1, 0.15) is 19.0 Å². The van der Waals surface area contributed by atoms with Gasteiger partial charge in [0, 0.05) is 6.54 Å². The van der Waals surface area contributed by atoms with E-state index < -0.39 is 10.0 Å². The lowest BCUT2D eigenvalue weighted by Gasteiger charge is -2.29. The zero-order valence-electron chi connectivity index (χ0n) is 10.7. The number of hydrogen-bond acceptors (Lipinski definition) is 4. The summed E-state index contributed by atoms with van der Waals surface area (Å²) in [6, 6.07) is 0. The Morgan fingerprint density at radius 3 is 2.94 bits per heavy atom. The summed E-state index contributed by atoms with van der Waals surface area (Å²) in [5, 5.41) is 9.68. The van der Waals surface area contributed by atoms with E-state index in [0.717, 1.165) is 19.5 Å². The summed E-state index contributed by atoms with van der Waals surface area (Å²) in [5.41, 5.74) is 0.567. The fourth-order valence-electron chi connectivity index (χ4n) is 2.23. The van der Waals surface area contributed by atoms with Gasteiger partial charge in [0.05, 0.1) is 11.9 Å². The normalized spacial score (nSPS) is 25.2. The van der Waals surface area contributed by atoms with Crippen molar-refractivity contribution in [3.63, 3.8) is 0 Å². The van der Waals surface area contributed by atoms with Crippen LogP contribution in [0.25, 0.3) is 0 Å². The summed E-state index contributed by atoms with van der Waals surface area (Å²) in [4.78, 5) is 0.235. The molecule has 0 saturated carbocycles. The molecular weight excluding hydrogens is 252 g/mol. The van der Waals surface area contributed by atoms with Crippen LogP contribution >= 0.6 is 0 Å². The molecule has 2 heterocycles. The first kappa shape index (κ1) is 13.5. The standard InChI is InChI=1S/C11H20N4O2S/c1-8-3-4-12-5-10(8)6-14-18(16,17)11-7-13-15-9(11)2/h7-8,10,12,14H,3-6H2,1-2H3,(H,13,15). The second-order valence-corrected chi connectivity index (χ2v) is 6.68. The van der Waals surface area contributed by atoms with Crippen molar-refractivity contribution in [2.45, 2.75) is 25.2 Å². The number of nitrogens with zero attached hydrogens (tertiary/aromatic N) is 1. The predicted molar refractivity (Wildman–Crippen MR) is 68.7 cm³/mol. The van der Waals surface area contributed by atoms with Gasteiger partial charge < -0.3 is 5.32 Å². The van der Waals surface area contributed by atoms with Gasteiger partial charge in [0.2, 0.25) is 10.0 Å². The van der Waals surface area contributed by atoms with E-state index in [2.05, 4.69) is 27.2 Å². The average Bonchev–Trinajstić information content (AvgIpc) is 2.75. The smallest absolute Gasteiger partial charge is 0.243 e. The Labute approximate surface area is 108 Å². The van der Waals surface area contributed by atoms with Crippen LogP contribution in [0.3, 0.4) is 0 Å². The van der Waals surface area contributed by atoms with Gasteiger partial charge >= 0.3 is 0 Å². The topological polar surface area (TPSA) is 86.9 Å². The number of aromatic amines is 1. The molecule has 18 heavy (non-hydrogen) atoms. The molecule has 2 unspecified atom stereocenters. The third-order valence-corrected chi connectivity index (χ3v) is 5.13. The van der Waals surface area contributed by atoms with Crippen molar-refractivity contribution in [3.05, 3.63) is 11.9 Å². The van der Waals surface area contributed by atoms with E-state index >= 15 is 0 Å². The summed E-state index contributed by atoms with van der Waals surface area (Å²) in [6.07, 6.45) is 2.44. The Bertz CT molecular complexity index is 497. The quantitative estimate of drug-likeness (QED) is 0.733. The van der Waals surface area contributed by atoms with Crippen LogP contribution in [-0.4, -0.2) is 38.2 Å². The maximum absolute atomic E-state index is 12.1. The van der Waals surface area contributed by atoms with E-state index in [1.165, 1.54) is 6.20 Å². The van der Waals surface area contributed by atoms with Crippen LogP contribution < -0.4 is 10.0 Å². The number of aryl methyl sites for hydroxylation is 1. The van der Waals surface area contributed by atoms with E-state index in [1.54, 1.807) is 6.92 Å². The molecule has 0 amide bonds. The largest absolute Gasteiger partial charge is 0.316 e. The SMILES string of the molecule is Cc1[nH]ncc1S(=O)(=O)NCC1CNCCC1C.